The van der Waals surface area contributed by atoms with Crippen molar-refractivity contribution < 1.29 is 28.8 Å². The minimum Gasteiger partial charge on any atom is -0.481 e. The van der Waals surface area contributed by atoms with Gasteiger partial charge in [-0.25, -0.2) is 4.79 Å². The van der Waals surface area contributed by atoms with Gasteiger partial charge in [0.15, 0.2) is 12.4 Å². The van der Waals surface area contributed by atoms with Crippen LogP contribution in [-0.2, 0) is 16.3 Å². The molecule has 0 radical (unpaired) electrons. The van der Waals surface area contributed by atoms with Crippen LogP contribution in [0.4, 0.5) is 4.79 Å². The van der Waals surface area contributed by atoms with E-state index in [1.165, 1.54) is 4.90 Å². The molecule has 0 fully saturated rings. The van der Waals surface area contributed by atoms with E-state index in [2.05, 4.69) is 5.32 Å². The maximum Gasteiger partial charge on any atom is 0.412 e. The number of aliphatic carboxylic acids is 1. The smallest absolute Gasteiger partial charge is 0.412 e. The Kier molecular flexibility index (Phi) is 8.54. The minimum absolute atomic E-state index is 0.0790. The van der Waals surface area contributed by atoms with Gasteiger partial charge in [-0.3, -0.25) is 9.59 Å². The van der Waals surface area contributed by atoms with E-state index in [0.29, 0.717) is 17.9 Å². The number of carboxylic acid groups (broad SMARTS) is 1. The number of carbonyl (C=O) groups is 3. The summed E-state index contributed by atoms with van der Waals surface area (Å²) in [5.74, 6) is -0.709. The second kappa shape index (κ2) is 10.4. The molecule has 0 aliphatic heterocycles. The Labute approximate surface area is 153 Å². The standard InChI is InChI=1S/C18H27N3O5/c1-13(2)7-8-15(10-16(22)23)19-18(25)26-12-21-9-5-6-14(11-21)17(24)20(3)4/h5-6,9,11,13,15H,7-8,10,12H2,1-4H3,(H-,19,22,23,25)/p+1/t15-/m0/s1. The highest BCUT2D eigenvalue weighted by Crippen LogP contribution is 2.09. The molecular weight excluding hydrogens is 338 g/mol. The molecule has 26 heavy (non-hydrogen) atoms. The summed E-state index contributed by atoms with van der Waals surface area (Å²) < 4.78 is 6.70. The van der Waals surface area contributed by atoms with Gasteiger partial charge in [0, 0.05) is 26.2 Å². The third-order valence-corrected chi connectivity index (χ3v) is 3.69. The van der Waals surface area contributed by atoms with E-state index in [0.717, 1.165) is 6.42 Å². The monoisotopic (exact) mass is 366 g/mol. The van der Waals surface area contributed by atoms with Gasteiger partial charge in [-0.15, -0.1) is 0 Å². The Bertz CT molecular complexity index is 631. The number of nitrogens with zero attached hydrogens (tertiary/aromatic N) is 2. The normalized spacial score (nSPS) is 11.7. The van der Waals surface area contributed by atoms with Gasteiger partial charge >= 0.3 is 12.1 Å². The average molecular weight is 366 g/mol. The largest absolute Gasteiger partial charge is 0.481 e. The van der Waals surface area contributed by atoms with E-state index in [1.807, 2.05) is 13.8 Å². The van der Waals surface area contributed by atoms with Gasteiger partial charge in [-0.1, -0.05) is 13.8 Å². The Morgan fingerprint density at radius 2 is 1.96 bits per heavy atom. The molecule has 1 atom stereocenters. The van der Waals surface area contributed by atoms with Crippen molar-refractivity contribution in [2.75, 3.05) is 14.1 Å². The molecule has 0 aliphatic rings. The molecular formula is C18H28N3O5+. The SMILES string of the molecule is CC(C)CC[C@@H](CC(=O)O)NC(=O)OC[n+]1cccc(C(=O)N(C)C)c1. The molecule has 0 unspecified atom stereocenters. The summed E-state index contributed by atoms with van der Waals surface area (Å²) in [5.41, 5.74) is 0.474. The van der Waals surface area contributed by atoms with Crippen LogP contribution in [0.2, 0.25) is 0 Å². The number of hydrogen-bond acceptors (Lipinski definition) is 4. The lowest BCUT2D eigenvalue weighted by atomic mass is 10.0. The van der Waals surface area contributed by atoms with E-state index in [9.17, 15) is 14.4 Å². The first-order valence-electron chi connectivity index (χ1n) is 8.55. The van der Waals surface area contributed by atoms with Gasteiger partial charge in [0.2, 0.25) is 0 Å². The topological polar surface area (TPSA) is 99.8 Å². The average Bonchev–Trinajstić information content (AvgIpc) is 2.56. The minimum atomic E-state index is -0.969. The van der Waals surface area contributed by atoms with Crippen molar-refractivity contribution in [1.82, 2.24) is 10.2 Å². The van der Waals surface area contributed by atoms with Crippen molar-refractivity contribution in [3.63, 3.8) is 0 Å². The Morgan fingerprint density at radius 1 is 1.27 bits per heavy atom. The first-order valence-corrected chi connectivity index (χ1v) is 8.55. The van der Waals surface area contributed by atoms with Gasteiger partial charge in [0.1, 0.15) is 5.56 Å². The second-order valence-corrected chi connectivity index (χ2v) is 6.78. The predicted molar refractivity (Wildman–Crippen MR) is 94.4 cm³/mol. The number of amides is 2. The van der Waals surface area contributed by atoms with Crippen LogP contribution in [-0.4, -0.2) is 48.1 Å². The van der Waals surface area contributed by atoms with Crippen molar-refractivity contribution in [3.8, 4) is 0 Å². The predicted octanol–water partition coefficient (Wildman–Crippen LogP) is 1.64. The van der Waals surface area contributed by atoms with Crippen LogP contribution in [0.5, 0.6) is 0 Å². The quantitative estimate of drug-likeness (QED) is 0.647. The molecule has 0 saturated heterocycles. The summed E-state index contributed by atoms with van der Waals surface area (Å²) in [7, 11) is 3.31. The molecule has 0 aromatic carbocycles. The number of nitrogens with one attached hydrogen (secondary N) is 1. The molecule has 8 heteroatoms. The third-order valence-electron chi connectivity index (χ3n) is 3.69. The van der Waals surface area contributed by atoms with Crippen molar-refractivity contribution >= 4 is 18.0 Å². The highest BCUT2D eigenvalue weighted by molar-refractivity contribution is 5.93. The molecule has 1 aromatic rings. The maximum atomic E-state index is 12.0. The Hall–Kier alpha value is -2.64. The number of carbonyl (C=O) groups excluding carboxylic acids is 2. The fraction of sp³-hybridized carbons (Fsp3) is 0.556. The van der Waals surface area contributed by atoms with E-state index >= 15 is 0 Å². The lowest BCUT2D eigenvalue weighted by molar-refractivity contribution is -0.727. The molecule has 1 rings (SSSR count). The molecule has 1 aromatic heterocycles. The molecule has 1 heterocycles. The first-order chi connectivity index (χ1) is 12.2. The fourth-order valence-electron chi connectivity index (χ4n) is 2.30. The van der Waals surface area contributed by atoms with E-state index < -0.39 is 18.1 Å². The molecule has 0 bridgehead atoms. The summed E-state index contributed by atoms with van der Waals surface area (Å²) in [4.78, 5) is 36.3. The van der Waals surface area contributed by atoms with Crippen LogP contribution < -0.4 is 9.88 Å². The zero-order valence-electron chi connectivity index (χ0n) is 15.8. The molecule has 8 nitrogen and oxygen atoms in total. The number of carboxylic acids is 1. The third kappa shape index (κ3) is 7.96. The highest BCUT2D eigenvalue weighted by Gasteiger charge is 2.18. The number of hydrogen-bond donors (Lipinski definition) is 2. The molecule has 0 aliphatic carbocycles. The van der Waals surface area contributed by atoms with Crippen LogP contribution in [0.1, 0.15) is 43.5 Å². The van der Waals surface area contributed by atoms with Gasteiger partial charge in [-0.05, 0) is 24.8 Å². The summed E-state index contributed by atoms with van der Waals surface area (Å²) in [6.45, 7) is 3.99. The van der Waals surface area contributed by atoms with E-state index in [4.69, 9.17) is 9.84 Å². The summed E-state index contributed by atoms with van der Waals surface area (Å²) in [6, 6.07) is 2.88. The van der Waals surface area contributed by atoms with Crippen molar-refractivity contribution in [3.05, 3.63) is 30.1 Å². The van der Waals surface area contributed by atoms with Gasteiger partial charge in [0.05, 0.1) is 6.42 Å². The Balaban J connectivity index is 2.59. The van der Waals surface area contributed by atoms with Gasteiger partial charge < -0.3 is 20.1 Å². The van der Waals surface area contributed by atoms with Crippen LogP contribution in [0, 0.1) is 5.92 Å². The summed E-state index contributed by atoms with van der Waals surface area (Å²) in [5, 5.41) is 11.6. The lowest BCUT2D eigenvalue weighted by Crippen LogP contribution is -2.42. The molecule has 2 N–H and O–H groups in total. The van der Waals surface area contributed by atoms with Crippen LogP contribution in [0.25, 0.3) is 0 Å². The van der Waals surface area contributed by atoms with Crippen LogP contribution in [0.3, 0.4) is 0 Å². The van der Waals surface area contributed by atoms with Gasteiger partial charge in [0.25, 0.3) is 12.6 Å². The van der Waals surface area contributed by atoms with E-state index in [1.54, 1.807) is 43.2 Å². The van der Waals surface area contributed by atoms with Crippen molar-refractivity contribution in [1.29, 1.82) is 0 Å². The molecule has 144 valence electrons. The summed E-state index contributed by atoms with van der Waals surface area (Å²) in [6.07, 6.45) is 3.80. The molecule has 0 saturated carbocycles. The van der Waals surface area contributed by atoms with E-state index in [-0.39, 0.29) is 19.1 Å². The van der Waals surface area contributed by atoms with Crippen LogP contribution in [0.15, 0.2) is 24.5 Å². The fourth-order valence-corrected chi connectivity index (χ4v) is 2.30. The summed E-state index contributed by atoms with van der Waals surface area (Å²) >= 11 is 0. The number of rotatable bonds is 9. The van der Waals surface area contributed by atoms with Crippen LogP contribution >= 0.6 is 0 Å². The van der Waals surface area contributed by atoms with Gasteiger partial charge in [-0.2, -0.15) is 4.57 Å². The number of alkyl carbamates (subject to hydrolysis) is 1. The molecule has 2 amide bonds. The second-order valence-electron chi connectivity index (χ2n) is 6.78. The maximum absolute atomic E-state index is 12.0. The number of pyridine rings is 1. The zero-order chi connectivity index (χ0) is 19.7. The zero-order valence-corrected chi connectivity index (χ0v) is 15.8. The van der Waals surface area contributed by atoms with Crippen molar-refractivity contribution in [2.45, 2.75) is 45.9 Å². The van der Waals surface area contributed by atoms with Crippen molar-refractivity contribution in [2.24, 2.45) is 5.92 Å². The number of aromatic nitrogens is 1. The first kappa shape index (κ1) is 21.4. The molecule has 0 spiro atoms. The Morgan fingerprint density at radius 3 is 2.54 bits per heavy atom. The highest BCUT2D eigenvalue weighted by atomic mass is 16.6. The number of ether oxygens (including phenoxy) is 1. The lowest BCUT2D eigenvalue weighted by Gasteiger charge is -2.17.